The SMILES string of the molecule is CCc1nnc2n1CCN(CCC(=O)N1CCc3ccccc31)C2. The monoisotopic (exact) mass is 325 g/mol. The smallest absolute Gasteiger partial charge is 0.228 e. The fourth-order valence-corrected chi connectivity index (χ4v) is 3.71. The number of fused-ring (bicyclic) bond motifs is 2. The number of carbonyl (C=O) groups excluding carboxylic acids is 1. The van der Waals surface area contributed by atoms with Gasteiger partial charge >= 0.3 is 0 Å². The number of rotatable bonds is 4. The summed E-state index contributed by atoms with van der Waals surface area (Å²) in [4.78, 5) is 16.9. The van der Waals surface area contributed by atoms with Crippen LogP contribution >= 0.6 is 0 Å². The molecule has 2 aliphatic heterocycles. The minimum absolute atomic E-state index is 0.223. The van der Waals surface area contributed by atoms with Gasteiger partial charge in [0, 0.05) is 44.7 Å². The maximum absolute atomic E-state index is 12.6. The van der Waals surface area contributed by atoms with Gasteiger partial charge in [0.25, 0.3) is 0 Å². The largest absolute Gasteiger partial charge is 0.313 e. The summed E-state index contributed by atoms with van der Waals surface area (Å²) in [5.41, 5.74) is 2.37. The van der Waals surface area contributed by atoms with Crippen molar-refractivity contribution in [2.45, 2.75) is 39.3 Å². The molecule has 0 aliphatic carbocycles. The van der Waals surface area contributed by atoms with Crippen molar-refractivity contribution in [1.29, 1.82) is 0 Å². The predicted molar refractivity (Wildman–Crippen MR) is 91.8 cm³/mol. The van der Waals surface area contributed by atoms with Crippen LogP contribution in [0.2, 0.25) is 0 Å². The summed E-state index contributed by atoms with van der Waals surface area (Å²) in [6, 6.07) is 8.22. The Morgan fingerprint density at radius 2 is 2.04 bits per heavy atom. The Morgan fingerprint density at radius 3 is 2.92 bits per heavy atom. The molecule has 0 spiro atoms. The van der Waals surface area contributed by atoms with E-state index in [0.717, 1.165) is 62.9 Å². The summed E-state index contributed by atoms with van der Waals surface area (Å²) in [6.45, 7) is 6.37. The Hall–Kier alpha value is -2.21. The van der Waals surface area contributed by atoms with Crippen molar-refractivity contribution < 1.29 is 4.79 Å². The van der Waals surface area contributed by atoms with Crippen molar-refractivity contribution in [1.82, 2.24) is 19.7 Å². The Morgan fingerprint density at radius 1 is 1.17 bits per heavy atom. The van der Waals surface area contributed by atoms with Crippen molar-refractivity contribution in [3.05, 3.63) is 41.5 Å². The molecule has 2 aliphatic rings. The van der Waals surface area contributed by atoms with Gasteiger partial charge in [0.1, 0.15) is 11.6 Å². The first kappa shape index (κ1) is 15.3. The number of benzene rings is 1. The van der Waals surface area contributed by atoms with Crippen LogP contribution in [0.5, 0.6) is 0 Å². The van der Waals surface area contributed by atoms with Gasteiger partial charge < -0.3 is 9.47 Å². The Balaban J connectivity index is 1.35. The van der Waals surface area contributed by atoms with Crippen LogP contribution in [0.1, 0.15) is 30.6 Å². The summed E-state index contributed by atoms with van der Waals surface area (Å²) in [6.07, 6.45) is 2.44. The van der Waals surface area contributed by atoms with Gasteiger partial charge in [-0.15, -0.1) is 10.2 Å². The summed E-state index contributed by atoms with van der Waals surface area (Å²) in [5, 5.41) is 8.53. The molecule has 1 amide bonds. The number of anilines is 1. The lowest BCUT2D eigenvalue weighted by molar-refractivity contribution is -0.118. The Labute approximate surface area is 142 Å². The second-order valence-electron chi connectivity index (χ2n) is 6.49. The van der Waals surface area contributed by atoms with Crippen molar-refractivity contribution in [2.24, 2.45) is 0 Å². The Kier molecular flexibility index (Phi) is 4.06. The molecule has 0 fully saturated rings. The maximum atomic E-state index is 12.6. The van der Waals surface area contributed by atoms with Crippen LogP contribution < -0.4 is 4.90 Å². The number of aromatic nitrogens is 3. The second-order valence-corrected chi connectivity index (χ2v) is 6.49. The Bertz CT molecular complexity index is 754. The average Bonchev–Trinajstić information content (AvgIpc) is 3.23. The van der Waals surface area contributed by atoms with E-state index in [-0.39, 0.29) is 5.91 Å². The molecule has 2 aromatic rings. The highest BCUT2D eigenvalue weighted by Crippen LogP contribution is 2.28. The quantitative estimate of drug-likeness (QED) is 0.857. The number of amides is 1. The van der Waals surface area contributed by atoms with E-state index in [1.54, 1.807) is 0 Å². The molecule has 0 radical (unpaired) electrons. The van der Waals surface area contributed by atoms with Crippen molar-refractivity contribution in [3.8, 4) is 0 Å². The van der Waals surface area contributed by atoms with Crippen molar-refractivity contribution in [2.75, 3.05) is 24.5 Å². The number of carbonyl (C=O) groups is 1. The molecular weight excluding hydrogens is 302 g/mol. The highest BCUT2D eigenvalue weighted by Gasteiger charge is 2.25. The molecule has 1 aromatic heterocycles. The van der Waals surface area contributed by atoms with Crippen LogP contribution in [0.4, 0.5) is 5.69 Å². The van der Waals surface area contributed by atoms with Gasteiger partial charge in [-0.05, 0) is 18.1 Å². The van der Waals surface area contributed by atoms with Gasteiger partial charge in [0.2, 0.25) is 5.91 Å². The average molecular weight is 325 g/mol. The summed E-state index contributed by atoms with van der Waals surface area (Å²) in [5.74, 6) is 2.31. The fraction of sp³-hybridized carbons (Fsp3) is 0.500. The molecule has 0 N–H and O–H groups in total. The lowest BCUT2D eigenvalue weighted by Gasteiger charge is -2.28. The summed E-state index contributed by atoms with van der Waals surface area (Å²) >= 11 is 0. The van der Waals surface area contributed by atoms with Crippen LogP contribution in [0.3, 0.4) is 0 Å². The molecule has 0 saturated carbocycles. The zero-order valence-electron chi connectivity index (χ0n) is 14.1. The van der Waals surface area contributed by atoms with Crippen molar-refractivity contribution >= 4 is 11.6 Å². The first-order valence-corrected chi connectivity index (χ1v) is 8.78. The van der Waals surface area contributed by atoms with E-state index in [0.29, 0.717) is 6.42 Å². The number of hydrogen-bond acceptors (Lipinski definition) is 4. The standard InChI is InChI=1S/C18H23N5O/c1-2-16-19-20-17-13-21(11-12-23(16)17)9-8-18(24)22-10-7-14-5-3-4-6-15(14)22/h3-6H,2,7-13H2,1H3. The molecule has 0 bridgehead atoms. The fourth-order valence-electron chi connectivity index (χ4n) is 3.71. The van der Waals surface area contributed by atoms with Gasteiger partial charge in [0.05, 0.1) is 6.54 Å². The molecular formula is C18H23N5O. The third kappa shape index (κ3) is 2.71. The molecule has 0 unspecified atom stereocenters. The van der Waals surface area contributed by atoms with Gasteiger partial charge in [-0.3, -0.25) is 9.69 Å². The lowest BCUT2D eigenvalue weighted by Crippen LogP contribution is -2.38. The molecule has 6 nitrogen and oxygen atoms in total. The molecule has 126 valence electrons. The molecule has 1 aromatic carbocycles. The normalized spacial score (nSPS) is 17.0. The molecule has 3 heterocycles. The number of aryl methyl sites for hydroxylation is 1. The van der Waals surface area contributed by atoms with E-state index in [4.69, 9.17) is 0 Å². The van der Waals surface area contributed by atoms with E-state index >= 15 is 0 Å². The van der Waals surface area contributed by atoms with Gasteiger partial charge in [-0.25, -0.2) is 0 Å². The van der Waals surface area contributed by atoms with Crippen LogP contribution in [0.25, 0.3) is 0 Å². The van der Waals surface area contributed by atoms with E-state index < -0.39 is 0 Å². The van der Waals surface area contributed by atoms with Gasteiger partial charge in [-0.1, -0.05) is 25.1 Å². The van der Waals surface area contributed by atoms with E-state index in [1.165, 1.54) is 5.56 Å². The molecule has 24 heavy (non-hydrogen) atoms. The third-order valence-electron chi connectivity index (χ3n) is 5.06. The highest BCUT2D eigenvalue weighted by atomic mass is 16.2. The molecule has 0 atom stereocenters. The molecule has 6 heteroatoms. The zero-order chi connectivity index (χ0) is 16.5. The number of para-hydroxylation sites is 1. The number of nitrogens with zero attached hydrogens (tertiary/aromatic N) is 5. The van der Waals surface area contributed by atoms with Gasteiger partial charge in [0.15, 0.2) is 0 Å². The minimum atomic E-state index is 0.223. The molecule has 0 saturated heterocycles. The minimum Gasteiger partial charge on any atom is -0.313 e. The molecule has 4 rings (SSSR count). The second kappa shape index (κ2) is 6.36. The first-order chi connectivity index (χ1) is 11.8. The van der Waals surface area contributed by atoms with Crippen molar-refractivity contribution in [3.63, 3.8) is 0 Å². The topological polar surface area (TPSA) is 54.3 Å². The third-order valence-corrected chi connectivity index (χ3v) is 5.06. The van der Waals surface area contributed by atoms with E-state index in [9.17, 15) is 4.79 Å². The van der Waals surface area contributed by atoms with Gasteiger partial charge in [-0.2, -0.15) is 0 Å². The number of hydrogen-bond donors (Lipinski definition) is 0. The van der Waals surface area contributed by atoms with Crippen LogP contribution in [0, 0.1) is 0 Å². The summed E-state index contributed by atoms with van der Waals surface area (Å²) < 4.78 is 2.22. The zero-order valence-corrected chi connectivity index (χ0v) is 14.1. The highest BCUT2D eigenvalue weighted by molar-refractivity contribution is 5.95. The van der Waals surface area contributed by atoms with Crippen LogP contribution in [0.15, 0.2) is 24.3 Å². The van der Waals surface area contributed by atoms with Crippen LogP contribution in [-0.4, -0.2) is 45.2 Å². The first-order valence-electron chi connectivity index (χ1n) is 8.78. The van der Waals surface area contributed by atoms with E-state index in [2.05, 4.69) is 38.7 Å². The lowest BCUT2D eigenvalue weighted by atomic mass is 10.2. The summed E-state index contributed by atoms with van der Waals surface area (Å²) in [7, 11) is 0. The van der Waals surface area contributed by atoms with Crippen LogP contribution in [-0.2, 0) is 30.7 Å². The van der Waals surface area contributed by atoms with E-state index in [1.807, 2.05) is 17.0 Å². The maximum Gasteiger partial charge on any atom is 0.228 e. The predicted octanol–water partition coefficient (Wildman–Crippen LogP) is 1.64.